The average molecular weight is 389 g/mol. The lowest BCUT2D eigenvalue weighted by Crippen LogP contribution is -2.50. The van der Waals surface area contributed by atoms with Crippen molar-refractivity contribution in [3.63, 3.8) is 0 Å². The lowest BCUT2D eigenvalue weighted by Gasteiger charge is -2.58. The maximum Gasteiger partial charge on any atom is 0.0577 e. The number of aliphatic hydroxyl groups is 1. The van der Waals surface area contributed by atoms with Crippen molar-refractivity contribution < 1.29 is 5.11 Å². The Balaban J connectivity index is 1.49. The molecule has 4 rings (SSSR count). The molecular formula is C27H46O. The van der Waals surface area contributed by atoms with Gasteiger partial charge in [0, 0.05) is 0 Å². The third-order valence-electron chi connectivity index (χ3n) is 10.3. The first-order valence-electron chi connectivity index (χ1n) is 12.6. The van der Waals surface area contributed by atoms with Gasteiger partial charge in [-0.15, -0.1) is 0 Å². The van der Waals surface area contributed by atoms with E-state index in [-0.39, 0.29) is 6.10 Å². The Morgan fingerprint density at radius 2 is 1.79 bits per heavy atom. The molecule has 160 valence electrons. The van der Waals surface area contributed by atoms with Crippen molar-refractivity contribution in [2.75, 3.05) is 0 Å². The van der Waals surface area contributed by atoms with Gasteiger partial charge in [-0.05, 0) is 97.7 Å². The van der Waals surface area contributed by atoms with E-state index < -0.39 is 0 Å². The summed E-state index contributed by atoms with van der Waals surface area (Å²) < 4.78 is 0. The molecule has 28 heavy (non-hydrogen) atoms. The highest BCUT2D eigenvalue weighted by molar-refractivity contribution is 5.25. The van der Waals surface area contributed by atoms with Gasteiger partial charge in [0.25, 0.3) is 0 Å². The van der Waals surface area contributed by atoms with Gasteiger partial charge in [0.1, 0.15) is 0 Å². The summed E-state index contributed by atoms with van der Waals surface area (Å²) in [5, 5.41) is 10.2. The molecule has 0 saturated heterocycles. The van der Waals surface area contributed by atoms with Crippen LogP contribution in [0.2, 0.25) is 0 Å². The van der Waals surface area contributed by atoms with Crippen LogP contribution in [0.1, 0.15) is 105 Å². The smallest absolute Gasteiger partial charge is 0.0577 e. The molecule has 0 amide bonds. The second-order valence-electron chi connectivity index (χ2n) is 12.2. The summed E-state index contributed by atoms with van der Waals surface area (Å²) in [5.74, 6) is 5.46. The van der Waals surface area contributed by atoms with E-state index in [9.17, 15) is 5.11 Å². The lowest BCUT2D eigenvalue weighted by atomic mass is 9.48. The monoisotopic (exact) mass is 388 g/mol. The van der Waals surface area contributed by atoms with Crippen molar-refractivity contribution >= 4 is 0 Å². The molecule has 1 heteroatoms. The van der Waals surface area contributed by atoms with Gasteiger partial charge < -0.3 is 5.11 Å². The highest BCUT2D eigenvalue weighted by atomic mass is 16.4. The molecule has 4 aliphatic carbocycles. The molecule has 1 N–H and O–H groups in total. The van der Waals surface area contributed by atoms with Gasteiger partial charge >= 0.3 is 0 Å². The van der Waals surface area contributed by atoms with Crippen LogP contribution >= 0.6 is 0 Å². The average Bonchev–Trinajstić information content (AvgIpc) is 2.99. The summed E-state index contributed by atoms with van der Waals surface area (Å²) >= 11 is 0. The van der Waals surface area contributed by atoms with E-state index in [2.05, 4.69) is 40.7 Å². The van der Waals surface area contributed by atoms with Gasteiger partial charge in [-0.1, -0.05) is 65.5 Å². The van der Waals surface area contributed by atoms with Crippen LogP contribution in [0.15, 0.2) is 11.6 Å². The van der Waals surface area contributed by atoms with Crippen LogP contribution in [-0.2, 0) is 0 Å². The minimum atomic E-state index is -0.0766. The molecule has 3 saturated carbocycles. The Hall–Kier alpha value is -0.300. The molecule has 0 bridgehead atoms. The van der Waals surface area contributed by atoms with Crippen LogP contribution < -0.4 is 0 Å². The van der Waals surface area contributed by atoms with E-state index in [0.29, 0.717) is 10.8 Å². The van der Waals surface area contributed by atoms with Crippen molar-refractivity contribution in [2.45, 2.75) is 111 Å². The fourth-order valence-electron chi connectivity index (χ4n) is 8.67. The van der Waals surface area contributed by atoms with Crippen molar-refractivity contribution in [1.29, 1.82) is 0 Å². The van der Waals surface area contributed by atoms with Crippen molar-refractivity contribution in [1.82, 2.24) is 0 Å². The van der Waals surface area contributed by atoms with Gasteiger partial charge in [0.2, 0.25) is 0 Å². The minimum absolute atomic E-state index is 0.0766. The molecule has 8 atom stereocenters. The van der Waals surface area contributed by atoms with Crippen LogP contribution in [-0.4, -0.2) is 11.2 Å². The van der Waals surface area contributed by atoms with E-state index in [4.69, 9.17) is 0 Å². The highest BCUT2D eigenvalue weighted by Gasteiger charge is 2.59. The summed E-state index contributed by atoms with van der Waals surface area (Å²) in [6.45, 7) is 12.6. The topological polar surface area (TPSA) is 20.2 Å². The van der Waals surface area contributed by atoms with Gasteiger partial charge in [0.05, 0.1) is 6.10 Å². The summed E-state index contributed by atoms with van der Waals surface area (Å²) in [4.78, 5) is 0. The number of hydrogen-bond donors (Lipinski definition) is 1. The second kappa shape index (κ2) is 7.75. The fraction of sp³-hybridized carbons (Fsp3) is 0.926. The number of aliphatic hydroxyl groups excluding tert-OH is 1. The van der Waals surface area contributed by atoms with Gasteiger partial charge in [-0.25, -0.2) is 0 Å². The maximum absolute atomic E-state index is 10.2. The summed E-state index contributed by atoms with van der Waals surface area (Å²) in [6, 6.07) is 0. The SMILES string of the molecule is CC(C)CCC[C@@H](C)C1CC[C@H]2[C@@H]3CC=C4[13CH2][13C@@H](O)CC[C@]4(C)[C@H]3CC[C@]12C. The second-order valence-corrected chi connectivity index (χ2v) is 12.2. The maximum atomic E-state index is 10.2. The molecule has 0 radical (unpaired) electrons. The van der Waals surface area contributed by atoms with Crippen molar-refractivity contribution in [3.8, 4) is 0 Å². The lowest BCUT2D eigenvalue weighted by molar-refractivity contribution is -0.0573. The van der Waals surface area contributed by atoms with Crippen molar-refractivity contribution in [3.05, 3.63) is 11.6 Å². The minimum Gasteiger partial charge on any atom is -0.393 e. The number of rotatable bonds is 5. The first kappa shape index (κ1) is 21.0. The van der Waals surface area contributed by atoms with E-state index >= 15 is 0 Å². The quantitative estimate of drug-likeness (QED) is 0.384. The first-order chi connectivity index (χ1) is 13.3. The van der Waals surface area contributed by atoms with E-state index in [0.717, 1.165) is 48.3 Å². The molecule has 1 nitrogen and oxygen atoms in total. The standard InChI is InChI=1S/C27H46O/c1-18(2)7-6-8-19(3)23-11-12-24-22-10-9-20-17-21(28)13-15-26(20,4)25(22)14-16-27(23,24)5/h9,18-19,21-25,28H,6-8,10-17H2,1-5H3/t19-,21+,22+,23?,24+,25+,26+,27-/m1/s1/i17+1,21+1. The largest absolute Gasteiger partial charge is 0.393 e. The fourth-order valence-corrected chi connectivity index (χ4v) is 8.67. The predicted molar refractivity (Wildman–Crippen MR) is 119 cm³/mol. The molecule has 0 aromatic rings. The molecule has 0 aromatic carbocycles. The Morgan fingerprint density at radius 3 is 2.54 bits per heavy atom. The summed E-state index contributed by atoms with van der Waals surface area (Å²) in [6.07, 6.45) is 17.2. The summed E-state index contributed by atoms with van der Waals surface area (Å²) in [5.41, 5.74) is 2.60. The van der Waals surface area contributed by atoms with Crippen molar-refractivity contribution in [2.24, 2.45) is 46.3 Å². The normalized spacial score (nSPS) is 46.5. The number of hydrogen-bond acceptors (Lipinski definition) is 1. The summed E-state index contributed by atoms with van der Waals surface area (Å²) in [7, 11) is 0. The van der Waals surface area contributed by atoms with Gasteiger partial charge in [-0.3, -0.25) is 0 Å². The molecule has 0 aromatic heterocycles. The Morgan fingerprint density at radius 1 is 1.00 bits per heavy atom. The van der Waals surface area contributed by atoms with Gasteiger partial charge in [0.15, 0.2) is 0 Å². The number of allylic oxidation sites excluding steroid dienone is 1. The highest BCUT2D eigenvalue weighted by Crippen LogP contribution is 2.67. The Labute approximate surface area is 174 Å². The third kappa shape index (κ3) is 3.42. The van der Waals surface area contributed by atoms with Crippen LogP contribution in [0.3, 0.4) is 0 Å². The first-order valence-corrected chi connectivity index (χ1v) is 12.6. The molecular weight excluding hydrogens is 342 g/mol. The molecule has 4 aliphatic rings. The van der Waals surface area contributed by atoms with E-state index in [1.54, 1.807) is 5.57 Å². The molecule has 1 unspecified atom stereocenters. The Bertz CT molecular complexity index is 591. The zero-order valence-corrected chi connectivity index (χ0v) is 19.3. The van der Waals surface area contributed by atoms with E-state index in [1.807, 2.05) is 0 Å². The predicted octanol–water partition coefficient (Wildman–Crippen LogP) is 7.39. The van der Waals surface area contributed by atoms with Crippen LogP contribution in [0.5, 0.6) is 0 Å². The number of fused-ring (bicyclic) bond motifs is 5. The van der Waals surface area contributed by atoms with Crippen LogP contribution in [0, 0.1) is 46.3 Å². The molecule has 0 aliphatic heterocycles. The zero-order valence-electron chi connectivity index (χ0n) is 19.3. The molecule has 0 heterocycles. The van der Waals surface area contributed by atoms with Gasteiger partial charge in [-0.2, -0.15) is 0 Å². The molecule has 0 spiro atoms. The molecule has 3 fully saturated rings. The zero-order chi connectivity index (χ0) is 20.1. The third-order valence-corrected chi connectivity index (χ3v) is 10.3. The van der Waals surface area contributed by atoms with Crippen LogP contribution in [0.4, 0.5) is 0 Å². The Kier molecular flexibility index (Phi) is 5.80. The van der Waals surface area contributed by atoms with E-state index in [1.165, 1.54) is 57.8 Å². The van der Waals surface area contributed by atoms with Crippen LogP contribution in [0.25, 0.3) is 0 Å².